The van der Waals surface area contributed by atoms with Crippen molar-refractivity contribution in [3.8, 4) is 0 Å². The Kier molecular flexibility index (Phi) is 3.05. The van der Waals surface area contributed by atoms with Gasteiger partial charge in [-0.15, -0.1) is 0 Å². The highest BCUT2D eigenvalue weighted by atomic mass is 19.1. The average Bonchev–Trinajstić information content (AvgIpc) is 2.69. The number of hydrogen-bond acceptors (Lipinski definition) is 3. The van der Waals surface area contributed by atoms with Crippen LogP contribution in [0.15, 0.2) is 36.7 Å². The van der Waals surface area contributed by atoms with Crippen molar-refractivity contribution in [3.63, 3.8) is 0 Å². The smallest absolute Gasteiger partial charge is 0.127 e. The molecule has 0 aliphatic carbocycles. The van der Waals surface area contributed by atoms with E-state index < -0.39 is 0 Å². The van der Waals surface area contributed by atoms with E-state index in [4.69, 9.17) is 5.73 Å². The molecule has 0 spiro atoms. The van der Waals surface area contributed by atoms with Gasteiger partial charge in [0.05, 0.1) is 6.54 Å². The van der Waals surface area contributed by atoms with Crippen LogP contribution in [0.4, 0.5) is 15.8 Å². The van der Waals surface area contributed by atoms with Crippen LogP contribution >= 0.6 is 0 Å². The zero-order valence-corrected chi connectivity index (χ0v) is 8.73. The lowest BCUT2D eigenvalue weighted by Crippen LogP contribution is -2.11. The fourth-order valence-corrected chi connectivity index (χ4v) is 1.46. The molecule has 16 heavy (non-hydrogen) atoms. The predicted molar refractivity (Wildman–Crippen MR) is 61.5 cm³/mol. The van der Waals surface area contributed by atoms with Gasteiger partial charge >= 0.3 is 0 Å². The highest BCUT2D eigenvalue weighted by Gasteiger charge is 1.98. The molecule has 0 bridgehead atoms. The third kappa shape index (κ3) is 2.73. The Morgan fingerprint density at radius 2 is 2.25 bits per heavy atom. The maximum atomic E-state index is 13.0. The first kappa shape index (κ1) is 10.5. The molecule has 0 atom stereocenters. The zero-order chi connectivity index (χ0) is 11.4. The molecule has 4 nitrogen and oxygen atoms in total. The molecule has 0 unspecified atom stereocenters. The van der Waals surface area contributed by atoms with Crippen LogP contribution in [0.3, 0.4) is 0 Å². The molecule has 0 saturated carbocycles. The van der Waals surface area contributed by atoms with Crippen LogP contribution in [0.5, 0.6) is 0 Å². The summed E-state index contributed by atoms with van der Waals surface area (Å²) in [5.74, 6) is -0.332. The van der Waals surface area contributed by atoms with Crippen molar-refractivity contribution in [3.05, 3.63) is 42.5 Å². The van der Waals surface area contributed by atoms with Crippen LogP contribution in [0.2, 0.25) is 0 Å². The first-order valence-electron chi connectivity index (χ1n) is 5.01. The van der Waals surface area contributed by atoms with Gasteiger partial charge in [-0.1, -0.05) is 0 Å². The summed E-state index contributed by atoms with van der Waals surface area (Å²) in [6.07, 6.45) is 3.60. The molecule has 2 rings (SSSR count). The second-order valence-corrected chi connectivity index (χ2v) is 3.47. The van der Waals surface area contributed by atoms with Gasteiger partial charge in [-0.25, -0.2) is 4.39 Å². The summed E-state index contributed by atoms with van der Waals surface area (Å²) in [5, 5.41) is 7.14. The minimum Gasteiger partial charge on any atom is -0.399 e. The van der Waals surface area contributed by atoms with Gasteiger partial charge in [0.2, 0.25) is 0 Å². The molecule has 3 N–H and O–H groups in total. The van der Waals surface area contributed by atoms with E-state index in [1.807, 2.05) is 12.3 Å². The number of aromatic nitrogens is 2. The Labute approximate surface area is 92.9 Å². The lowest BCUT2D eigenvalue weighted by atomic mass is 10.2. The normalized spacial score (nSPS) is 10.3. The number of nitrogens with zero attached hydrogens (tertiary/aromatic N) is 2. The number of nitrogens with one attached hydrogen (secondary N) is 1. The van der Waals surface area contributed by atoms with E-state index >= 15 is 0 Å². The van der Waals surface area contributed by atoms with Crippen molar-refractivity contribution in [2.75, 3.05) is 17.6 Å². The van der Waals surface area contributed by atoms with Crippen LogP contribution in [-0.4, -0.2) is 16.3 Å². The molecular weight excluding hydrogens is 207 g/mol. The minimum absolute atomic E-state index is 0.332. The summed E-state index contributed by atoms with van der Waals surface area (Å²) < 4.78 is 14.8. The number of nitrogens with two attached hydrogens (primary N) is 1. The molecule has 0 radical (unpaired) electrons. The molecule has 5 heteroatoms. The Balaban J connectivity index is 1.89. The van der Waals surface area contributed by atoms with Gasteiger partial charge in [-0.3, -0.25) is 4.68 Å². The van der Waals surface area contributed by atoms with Crippen molar-refractivity contribution < 1.29 is 4.39 Å². The Bertz CT molecular complexity index is 433. The molecular formula is C11H13FN4. The summed E-state index contributed by atoms with van der Waals surface area (Å²) >= 11 is 0. The lowest BCUT2D eigenvalue weighted by molar-refractivity contribution is 0.626. The predicted octanol–water partition coefficient (Wildman–Crippen LogP) is 1.72. The van der Waals surface area contributed by atoms with Gasteiger partial charge in [0.25, 0.3) is 0 Å². The van der Waals surface area contributed by atoms with Crippen LogP contribution in [0.1, 0.15) is 0 Å². The summed E-state index contributed by atoms with van der Waals surface area (Å²) in [7, 11) is 0. The van der Waals surface area contributed by atoms with E-state index in [1.165, 1.54) is 12.1 Å². The fraction of sp³-hybridized carbons (Fsp3) is 0.182. The average molecular weight is 220 g/mol. The van der Waals surface area contributed by atoms with Crippen molar-refractivity contribution in [1.29, 1.82) is 0 Å². The van der Waals surface area contributed by atoms with E-state index in [0.717, 1.165) is 6.54 Å². The maximum absolute atomic E-state index is 13.0. The Hall–Kier alpha value is -2.04. The minimum atomic E-state index is -0.332. The molecule has 2 aromatic rings. The molecule has 1 aromatic heterocycles. The number of hydrogen-bond donors (Lipinski definition) is 2. The highest BCUT2D eigenvalue weighted by Crippen LogP contribution is 2.14. The summed E-state index contributed by atoms with van der Waals surface area (Å²) in [5.41, 5.74) is 6.63. The number of rotatable bonds is 4. The third-order valence-electron chi connectivity index (χ3n) is 2.15. The molecule has 84 valence electrons. The summed E-state index contributed by atoms with van der Waals surface area (Å²) in [6, 6.07) is 6.27. The summed E-state index contributed by atoms with van der Waals surface area (Å²) in [4.78, 5) is 0. The van der Waals surface area contributed by atoms with E-state index in [2.05, 4.69) is 10.4 Å². The zero-order valence-electron chi connectivity index (χ0n) is 8.73. The van der Waals surface area contributed by atoms with Gasteiger partial charge < -0.3 is 11.1 Å². The summed E-state index contributed by atoms with van der Waals surface area (Å²) in [6.45, 7) is 1.40. The third-order valence-corrected chi connectivity index (χ3v) is 2.15. The molecule has 0 fully saturated rings. The van der Waals surface area contributed by atoms with Crippen molar-refractivity contribution in [1.82, 2.24) is 9.78 Å². The molecule has 0 amide bonds. The van der Waals surface area contributed by atoms with E-state index in [9.17, 15) is 4.39 Å². The van der Waals surface area contributed by atoms with Crippen LogP contribution in [-0.2, 0) is 6.54 Å². The van der Waals surface area contributed by atoms with E-state index in [0.29, 0.717) is 17.9 Å². The number of halogens is 1. The lowest BCUT2D eigenvalue weighted by Gasteiger charge is -2.07. The second-order valence-electron chi connectivity index (χ2n) is 3.47. The van der Waals surface area contributed by atoms with E-state index in [1.54, 1.807) is 16.9 Å². The number of nitrogen functional groups attached to an aromatic ring is 1. The van der Waals surface area contributed by atoms with Gasteiger partial charge in [0.1, 0.15) is 5.82 Å². The quantitative estimate of drug-likeness (QED) is 0.771. The first-order valence-corrected chi connectivity index (χ1v) is 5.01. The molecule has 1 heterocycles. The van der Waals surface area contributed by atoms with Crippen molar-refractivity contribution in [2.45, 2.75) is 6.54 Å². The monoisotopic (exact) mass is 220 g/mol. The van der Waals surface area contributed by atoms with Crippen LogP contribution < -0.4 is 11.1 Å². The van der Waals surface area contributed by atoms with Gasteiger partial charge in [-0.2, -0.15) is 5.10 Å². The molecule has 1 aromatic carbocycles. The number of anilines is 2. The van der Waals surface area contributed by atoms with Crippen molar-refractivity contribution >= 4 is 11.4 Å². The van der Waals surface area contributed by atoms with Crippen molar-refractivity contribution in [2.24, 2.45) is 0 Å². The van der Waals surface area contributed by atoms with Gasteiger partial charge in [0, 0.05) is 30.3 Å². The Morgan fingerprint density at radius 3 is 2.94 bits per heavy atom. The van der Waals surface area contributed by atoms with Gasteiger partial charge in [-0.05, 0) is 24.3 Å². The Morgan fingerprint density at radius 1 is 1.38 bits per heavy atom. The molecule has 0 aliphatic rings. The fourth-order valence-electron chi connectivity index (χ4n) is 1.46. The standard InChI is InChI=1S/C11H13FN4/c12-9-6-10(13)8-11(7-9)14-3-5-16-4-1-2-15-16/h1-2,4,6-8,14H,3,5,13H2. The largest absolute Gasteiger partial charge is 0.399 e. The molecule has 0 saturated heterocycles. The second kappa shape index (κ2) is 4.65. The van der Waals surface area contributed by atoms with Gasteiger partial charge in [0.15, 0.2) is 0 Å². The maximum Gasteiger partial charge on any atom is 0.127 e. The topological polar surface area (TPSA) is 55.9 Å². The number of benzene rings is 1. The first-order chi connectivity index (χ1) is 7.74. The van der Waals surface area contributed by atoms with E-state index in [-0.39, 0.29) is 5.82 Å². The van der Waals surface area contributed by atoms with Crippen LogP contribution in [0, 0.1) is 5.82 Å². The van der Waals surface area contributed by atoms with Crippen LogP contribution in [0.25, 0.3) is 0 Å². The SMILES string of the molecule is Nc1cc(F)cc(NCCn2cccn2)c1. The highest BCUT2D eigenvalue weighted by molar-refractivity contribution is 5.54. The molecule has 0 aliphatic heterocycles.